The molecule has 0 saturated carbocycles. The monoisotopic (exact) mass is 372 g/mol. The summed E-state index contributed by atoms with van der Waals surface area (Å²) in [7, 11) is 0. The largest absolute Gasteiger partial charge is 0.490 e. The fourth-order valence-corrected chi connectivity index (χ4v) is 3.41. The molecule has 1 aromatic heterocycles. The van der Waals surface area contributed by atoms with Crippen LogP contribution in [0.15, 0.2) is 29.7 Å². The van der Waals surface area contributed by atoms with Crippen LogP contribution in [0.4, 0.5) is 0 Å². The predicted molar refractivity (Wildman–Crippen MR) is 104 cm³/mol. The number of hydrogen-bond donors (Lipinski definition) is 1. The van der Waals surface area contributed by atoms with E-state index < -0.39 is 0 Å². The second-order valence-corrected chi connectivity index (χ2v) is 7.67. The summed E-state index contributed by atoms with van der Waals surface area (Å²) in [5, 5.41) is 6.00. The van der Waals surface area contributed by atoms with E-state index in [1.165, 1.54) is 6.08 Å². The summed E-state index contributed by atoms with van der Waals surface area (Å²) in [5.74, 6) is 1.60. The molecule has 0 spiro atoms. The number of rotatable bonds is 5. The van der Waals surface area contributed by atoms with Gasteiger partial charge in [-0.3, -0.25) is 4.79 Å². The van der Waals surface area contributed by atoms with Crippen molar-refractivity contribution in [1.82, 2.24) is 10.3 Å². The number of thiazole rings is 1. The average Bonchev–Trinajstić information content (AvgIpc) is 2.89. The molecule has 0 radical (unpaired) electrons. The van der Waals surface area contributed by atoms with Crippen molar-refractivity contribution in [1.29, 1.82) is 0 Å². The van der Waals surface area contributed by atoms with E-state index in [1.807, 2.05) is 30.5 Å². The molecule has 6 heteroatoms. The SMILES string of the molecule is Cc1nc(/C=C\C(=O)N[C@H](c2ccc3c(c2)OCCCO3)C(C)C)cs1. The summed E-state index contributed by atoms with van der Waals surface area (Å²) in [6.45, 7) is 7.42. The van der Waals surface area contributed by atoms with Crippen LogP contribution in [0.2, 0.25) is 0 Å². The van der Waals surface area contributed by atoms with Gasteiger partial charge in [-0.05, 0) is 36.6 Å². The van der Waals surface area contributed by atoms with Gasteiger partial charge in [0.2, 0.25) is 5.91 Å². The lowest BCUT2D eigenvalue weighted by molar-refractivity contribution is -0.117. The molecule has 0 unspecified atom stereocenters. The number of benzene rings is 1. The van der Waals surface area contributed by atoms with Crippen LogP contribution < -0.4 is 14.8 Å². The lowest BCUT2D eigenvalue weighted by Crippen LogP contribution is -2.30. The lowest BCUT2D eigenvalue weighted by atomic mass is 9.95. The van der Waals surface area contributed by atoms with E-state index in [-0.39, 0.29) is 17.9 Å². The first-order chi connectivity index (χ1) is 12.5. The van der Waals surface area contributed by atoms with Gasteiger partial charge in [0.25, 0.3) is 0 Å². The molecule has 1 aromatic carbocycles. The normalized spacial score (nSPS) is 15.1. The van der Waals surface area contributed by atoms with Gasteiger partial charge in [-0.1, -0.05) is 19.9 Å². The zero-order valence-electron chi connectivity index (χ0n) is 15.3. The van der Waals surface area contributed by atoms with Crippen molar-refractivity contribution in [3.8, 4) is 11.5 Å². The van der Waals surface area contributed by atoms with Gasteiger partial charge in [0.05, 0.1) is 30.0 Å². The van der Waals surface area contributed by atoms with Crippen LogP contribution in [-0.2, 0) is 4.79 Å². The molecule has 5 nitrogen and oxygen atoms in total. The topological polar surface area (TPSA) is 60.5 Å². The van der Waals surface area contributed by atoms with Crippen LogP contribution in [-0.4, -0.2) is 24.1 Å². The second kappa shape index (κ2) is 8.36. The highest BCUT2D eigenvalue weighted by atomic mass is 32.1. The zero-order valence-corrected chi connectivity index (χ0v) is 16.1. The first-order valence-corrected chi connectivity index (χ1v) is 9.71. The van der Waals surface area contributed by atoms with Crippen LogP contribution in [0.25, 0.3) is 6.08 Å². The van der Waals surface area contributed by atoms with E-state index in [2.05, 4.69) is 24.1 Å². The Kier molecular flexibility index (Phi) is 5.93. The minimum Gasteiger partial charge on any atom is -0.490 e. The van der Waals surface area contributed by atoms with Crippen molar-refractivity contribution in [3.63, 3.8) is 0 Å². The number of carbonyl (C=O) groups is 1. The van der Waals surface area contributed by atoms with E-state index in [9.17, 15) is 4.79 Å². The Labute approximate surface area is 158 Å². The van der Waals surface area contributed by atoms with Crippen LogP contribution in [0.3, 0.4) is 0 Å². The molecular formula is C20H24N2O3S. The van der Waals surface area contributed by atoms with Gasteiger partial charge in [-0.15, -0.1) is 11.3 Å². The number of nitrogens with one attached hydrogen (secondary N) is 1. The zero-order chi connectivity index (χ0) is 18.5. The van der Waals surface area contributed by atoms with Crippen LogP contribution >= 0.6 is 11.3 Å². The molecule has 1 amide bonds. The number of fused-ring (bicyclic) bond motifs is 1. The van der Waals surface area contributed by atoms with Crippen molar-refractivity contribution >= 4 is 23.3 Å². The first kappa shape index (κ1) is 18.5. The van der Waals surface area contributed by atoms with E-state index in [1.54, 1.807) is 17.4 Å². The Hall–Kier alpha value is -2.34. The van der Waals surface area contributed by atoms with Gasteiger partial charge >= 0.3 is 0 Å². The summed E-state index contributed by atoms with van der Waals surface area (Å²) in [4.78, 5) is 16.7. The fourth-order valence-electron chi connectivity index (χ4n) is 2.83. The number of carbonyl (C=O) groups excluding carboxylic acids is 1. The number of hydrogen-bond acceptors (Lipinski definition) is 5. The Morgan fingerprint density at radius 3 is 2.73 bits per heavy atom. The minimum absolute atomic E-state index is 0.110. The number of amides is 1. The average molecular weight is 372 g/mol. The van der Waals surface area contributed by atoms with E-state index in [4.69, 9.17) is 9.47 Å². The van der Waals surface area contributed by atoms with Crippen molar-refractivity contribution in [2.24, 2.45) is 5.92 Å². The molecule has 2 heterocycles. The number of aromatic nitrogens is 1. The molecule has 138 valence electrons. The molecule has 1 aliphatic rings. The Morgan fingerprint density at radius 1 is 1.27 bits per heavy atom. The standard InChI is InChI=1S/C20H24N2O3S/c1-13(2)20(22-19(23)8-6-16-12-26-14(3)21-16)15-5-7-17-18(11-15)25-10-4-9-24-17/h5-8,11-13,20H,4,9-10H2,1-3H3,(H,22,23)/b8-6-/t20-/m0/s1. The van der Waals surface area contributed by atoms with Crippen molar-refractivity contribution < 1.29 is 14.3 Å². The third-order valence-electron chi connectivity index (χ3n) is 4.14. The molecule has 2 aromatic rings. The predicted octanol–water partition coefficient (Wildman–Crippen LogP) is 4.14. The number of nitrogens with zero attached hydrogens (tertiary/aromatic N) is 1. The molecular weight excluding hydrogens is 348 g/mol. The Balaban J connectivity index is 1.73. The second-order valence-electron chi connectivity index (χ2n) is 6.61. The molecule has 0 bridgehead atoms. The van der Waals surface area contributed by atoms with Gasteiger partial charge in [0.15, 0.2) is 11.5 Å². The van der Waals surface area contributed by atoms with Crippen LogP contribution in [0.1, 0.15) is 42.6 Å². The Morgan fingerprint density at radius 2 is 2.04 bits per heavy atom. The van der Waals surface area contributed by atoms with Gasteiger partial charge in [0.1, 0.15) is 0 Å². The summed E-state index contributed by atoms with van der Waals surface area (Å²) in [6.07, 6.45) is 4.15. The molecule has 1 aliphatic heterocycles. The highest BCUT2D eigenvalue weighted by Gasteiger charge is 2.20. The minimum atomic E-state index is -0.138. The summed E-state index contributed by atoms with van der Waals surface area (Å²) in [5.41, 5.74) is 1.81. The Bertz CT molecular complexity index is 798. The molecule has 3 rings (SSSR count). The number of ether oxygens (including phenoxy) is 2. The summed E-state index contributed by atoms with van der Waals surface area (Å²) in [6, 6.07) is 5.78. The van der Waals surface area contributed by atoms with Gasteiger partial charge in [-0.2, -0.15) is 0 Å². The third-order valence-corrected chi connectivity index (χ3v) is 4.93. The van der Waals surface area contributed by atoms with E-state index in [0.717, 1.165) is 34.2 Å². The van der Waals surface area contributed by atoms with E-state index in [0.29, 0.717) is 13.2 Å². The van der Waals surface area contributed by atoms with Gasteiger partial charge < -0.3 is 14.8 Å². The van der Waals surface area contributed by atoms with Gasteiger partial charge in [0, 0.05) is 17.9 Å². The molecule has 26 heavy (non-hydrogen) atoms. The maximum atomic E-state index is 12.4. The molecule has 0 fully saturated rings. The van der Waals surface area contributed by atoms with Crippen LogP contribution in [0, 0.1) is 12.8 Å². The fraction of sp³-hybridized carbons (Fsp3) is 0.400. The van der Waals surface area contributed by atoms with Crippen molar-refractivity contribution in [3.05, 3.63) is 45.9 Å². The molecule has 1 N–H and O–H groups in total. The molecule has 0 saturated heterocycles. The molecule has 0 aliphatic carbocycles. The van der Waals surface area contributed by atoms with Crippen molar-refractivity contribution in [2.45, 2.75) is 33.2 Å². The maximum absolute atomic E-state index is 12.4. The van der Waals surface area contributed by atoms with Gasteiger partial charge in [-0.25, -0.2) is 4.98 Å². The maximum Gasteiger partial charge on any atom is 0.244 e. The first-order valence-electron chi connectivity index (χ1n) is 8.83. The smallest absolute Gasteiger partial charge is 0.244 e. The van der Waals surface area contributed by atoms with Crippen LogP contribution in [0.5, 0.6) is 11.5 Å². The van der Waals surface area contributed by atoms with E-state index >= 15 is 0 Å². The summed E-state index contributed by atoms with van der Waals surface area (Å²) >= 11 is 1.57. The number of aryl methyl sites for hydroxylation is 1. The highest BCUT2D eigenvalue weighted by molar-refractivity contribution is 7.09. The highest BCUT2D eigenvalue weighted by Crippen LogP contribution is 2.34. The quantitative estimate of drug-likeness (QED) is 0.802. The summed E-state index contributed by atoms with van der Waals surface area (Å²) < 4.78 is 11.5. The van der Waals surface area contributed by atoms with Crippen molar-refractivity contribution in [2.75, 3.05) is 13.2 Å². The molecule has 1 atom stereocenters. The lowest BCUT2D eigenvalue weighted by Gasteiger charge is -2.23. The third kappa shape index (κ3) is 4.64.